The summed E-state index contributed by atoms with van der Waals surface area (Å²) in [4.78, 5) is 14.8. The normalized spacial score (nSPS) is 13.4. The number of carbonyl (C=O) groups is 1. The lowest BCUT2D eigenvalue weighted by molar-refractivity contribution is -0.129. The Hall–Kier alpha value is -2.94. The molecule has 8 nitrogen and oxygen atoms in total. The molecule has 3 aromatic rings. The molecule has 1 aliphatic carbocycles. The average molecular weight is 414 g/mol. The van der Waals surface area contributed by atoms with E-state index >= 15 is 0 Å². The molecule has 4 rings (SSSR count). The fourth-order valence-corrected chi connectivity index (χ4v) is 3.86. The smallest absolute Gasteiger partial charge is 0.233 e. The van der Waals surface area contributed by atoms with Crippen molar-refractivity contribution in [3.63, 3.8) is 0 Å². The van der Waals surface area contributed by atoms with Crippen LogP contribution < -0.4 is 10.6 Å². The maximum Gasteiger partial charge on any atom is 0.233 e. The van der Waals surface area contributed by atoms with E-state index in [1.54, 1.807) is 19.4 Å². The number of amides is 1. The minimum Gasteiger partial charge on any atom is -0.497 e. The number of hydrogen-bond acceptors (Lipinski definition) is 7. The summed E-state index contributed by atoms with van der Waals surface area (Å²) in [5.41, 5.74) is 1.87. The van der Waals surface area contributed by atoms with E-state index in [9.17, 15) is 4.79 Å². The third-order valence-electron chi connectivity index (χ3n) is 4.91. The second kappa shape index (κ2) is 8.20. The van der Waals surface area contributed by atoms with Crippen LogP contribution in [0.25, 0.3) is 11.4 Å². The fraction of sp³-hybridized carbons (Fsp3) is 0.350. The van der Waals surface area contributed by atoms with Crippen LogP contribution in [-0.2, 0) is 11.3 Å². The van der Waals surface area contributed by atoms with Crippen LogP contribution in [0.2, 0.25) is 0 Å². The predicted molar refractivity (Wildman–Crippen MR) is 110 cm³/mol. The van der Waals surface area contributed by atoms with Gasteiger partial charge < -0.3 is 19.9 Å². The molecule has 1 saturated carbocycles. The predicted octanol–water partition coefficient (Wildman–Crippen LogP) is 2.85. The van der Waals surface area contributed by atoms with Gasteiger partial charge in [-0.2, -0.15) is 0 Å². The lowest BCUT2D eigenvalue weighted by Crippen LogP contribution is -2.34. The van der Waals surface area contributed by atoms with Gasteiger partial charge in [0, 0.05) is 12.6 Å². The lowest BCUT2D eigenvalue weighted by Gasteiger charge is -2.22. The van der Waals surface area contributed by atoms with Crippen LogP contribution in [0.3, 0.4) is 0 Å². The Morgan fingerprint density at radius 3 is 2.69 bits per heavy atom. The molecule has 0 spiro atoms. The SMILES string of the molecule is COc1ccc(CN(C(=O)CSc2nnc(-c3ccoc3C)n2N)C2CC2)cc1. The summed E-state index contributed by atoms with van der Waals surface area (Å²) in [5, 5.41) is 8.77. The molecule has 29 heavy (non-hydrogen) atoms. The highest BCUT2D eigenvalue weighted by Gasteiger charge is 2.32. The number of furan rings is 1. The Bertz CT molecular complexity index is 994. The van der Waals surface area contributed by atoms with Crippen LogP contribution in [0, 0.1) is 6.92 Å². The van der Waals surface area contributed by atoms with E-state index in [1.165, 1.54) is 16.4 Å². The summed E-state index contributed by atoms with van der Waals surface area (Å²) in [6, 6.07) is 9.91. The molecule has 1 fully saturated rings. The van der Waals surface area contributed by atoms with Crippen molar-refractivity contribution in [2.45, 2.75) is 37.5 Å². The maximum atomic E-state index is 12.9. The van der Waals surface area contributed by atoms with Crippen molar-refractivity contribution in [1.29, 1.82) is 0 Å². The van der Waals surface area contributed by atoms with E-state index in [0.717, 1.165) is 35.5 Å². The molecular formula is C20H23N5O3S. The molecular weight excluding hydrogens is 390 g/mol. The molecule has 0 unspecified atom stereocenters. The second-order valence-electron chi connectivity index (χ2n) is 6.96. The Morgan fingerprint density at radius 1 is 1.31 bits per heavy atom. The number of nitrogens with two attached hydrogens (primary N) is 1. The summed E-state index contributed by atoms with van der Waals surface area (Å²) >= 11 is 1.29. The molecule has 0 atom stereocenters. The molecule has 0 saturated heterocycles. The number of aryl methyl sites for hydroxylation is 1. The molecule has 0 bridgehead atoms. The monoisotopic (exact) mass is 413 g/mol. The first-order valence-electron chi connectivity index (χ1n) is 9.37. The first-order chi connectivity index (χ1) is 14.1. The van der Waals surface area contributed by atoms with E-state index in [-0.39, 0.29) is 11.7 Å². The molecule has 0 radical (unpaired) electrons. The number of nitrogens with zero attached hydrogens (tertiary/aromatic N) is 4. The minimum absolute atomic E-state index is 0.0670. The number of thioether (sulfide) groups is 1. The molecule has 0 aliphatic heterocycles. The van der Waals surface area contributed by atoms with E-state index in [0.29, 0.717) is 23.6 Å². The molecule has 1 aromatic carbocycles. The standard InChI is InChI=1S/C20H23N5O3S/c1-13-17(9-10-28-13)19-22-23-20(25(19)21)29-12-18(26)24(15-5-6-15)11-14-3-7-16(27-2)8-4-14/h3-4,7-10,15H,5-6,11-12,21H2,1-2H3. The number of methoxy groups -OCH3 is 1. The van der Waals surface area contributed by atoms with Crippen molar-refractivity contribution in [1.82, 2.24) is 19.8 Å². The van der Waals surface area contributed by atoms with Crippen molar-refractivity contribution in [3.8, 4) is 17.1 Å². The van der Waals surface area contributed by atoms with Crippen LogP contribution >= 0.6 is 11.8 Å². The number of carbonyl (C=O) groups excluding carboxylic acids is 1. The van der Waals surface area contributed by atoms with Crippen LogP contribution in [0.15, 0.2) is 46.2 Å². The lowest BCUT2D eigenvalue weighted by atomic mass is 10.2. The number of nitrogen functional groups attached to an aromatic ring is 1. The van der Waals surface area contributed by atoms with Crippen LogP contribution in [0.1, 0.15) is 24.2 Å². The van der Waals surface area contributed by atoms with Gasteiger partial charge in [0.05, 0.1) is 24.7 Å². The topological polar surface area (TPSA) is 99.4 Å². The fourth-order valence-electron chi connectivity index (χ4n) is 3.12. The first kappa shape index (κ1) is 19.4. The largest absolute Gasteiger partial charge is 0.497 e. The Labute approximate surface area is 173 Å². The first-order valence-corrected chi connectivity index (χ1v) is 10.4. The molecule has 2 heterocycles. The van der Waals surface area contributed by atoms with Gasteiger partial charge in [0.15, 0.2) is 5.82 Å². The van der Waals surface area contributed by atoms with Crippen molar-refractivity contribution < 1.29 is 13.9 Å². The third kappa shape index (κ3) is 4.24. The van der Waals surface area contributed by atoms with Crippen molar-refractivity contribution in [3.05, 3.63) is 47.9 Å². The van der Waals surface area contributed by atoms with E-state index in [2.05, 4.69) is 10.2 Å². The zero-order chi connectivity index (χ0) is 20.4. The van der Waals surface area contributed by atoms with Crippen molar-refractivity contribution in [2.24, 2.45) is 0 Å². The van der Waals surface area contributed by atoms with Gasteiger partial charge in [-0.25, -0.2) is 4.68 Å². The summed E-state index contributed by atoms with van der Waals surface area (Å²) < 4.78 is 11.9. The van der Waals surface area contributed by atoms with Crippen LogP contribution in [0.5, 0.6) is 5.75 Å². The Balaban J connectivity index is 1.41. The van der Waals surface area contributed by atoms with Crippen molar-refractivity contribution in [2.75, 3.05) is 18.7 Å². The number of hydrogen-bond donors (Lipinski definition) is 1. The maximum absolute atomic E-state index is 12.9. The summed E-state index contributed by atoms with van der Waals surface area (Å²) in [6.45, 7) is 2.43. The zero-order valence-electron chi connectivity index (χ0n) is 16.4. The van der Waals surface area contributed by atoms with Gasteiger partial charge in [-0.1, -0.05) is 23.9 Å². The van der Waals surface area contributed by atoms with E-state index in [4.69, 9.17) is 15.0 Å². The van der Waals surface area contributed by atoms with Gasteiger partial charge >= 0.3 is 0 Å². The summed E-state index contributed by atoms with van der Waals surface area (Å²) in [6.07, 6.45) is 3.68. The summed E-state index contributed by atoms with van der Waals surface area (Å²) in [5.74, 6) is 8.51. The highest BCUT2D eigenvalue weighted by molar-refractivity contribution is 7.99. The van der Waals surface area contributed by atoms with Gasteiger partial charge in [0.2, 0.25) is 11.1 Å². The molecule has 2 aromatic heterocycles. The number of aromatic nitrogens is 3. The van der Waals surface area contributed by atoms with Gasteiger partial charge in [-0.3, -0.25) is 4.79 Å². The van der Waals surface area contributed by atoms with Crippen molar-refractivity contribution >= 4 is 17.7 Å². The molecule has 152 valence electrons. The van der Waals surface area contributed by atoms with Gasteiger partial charge in [-0.05, 0) is 43.5 Å². The third-order valence-corrected chi connectivity index (χ3v) is 5.84. The average Bonchev–Trinajstić information content (AvgIpc) is 3.39. The number of benzene rings is 1. The summed E-state index contributed by atoms with van der Waals surface area (Å²) in [7, 11) is 1.64. The molecule has 2 N–H and O–H groups in total. The van der Waals surface area contributed by atoms with Crippen LogP contribution in [0.4, 0.5) is 0 Å². The molecule has 9 heteroatoms. The Kier molecular flexibility index (Phi) is 5.48. The second-order valence-corrected chi connectivity index (χ2v) is 7.90. The highest BCUT2D eigenvalue weighted by atomic mass is 32.2. The van der Waals surface area contributed by atoms with Gasteiger partial charge in [-0.15, -0.1) is 10.2 Å². The number of rotatable bonds is 8. The van der Waals surface area contributed by atoms with Gasteiger partial charge in [0.25, 0.3) is 0 Å². The number of ether oxygens (including phenoxy) is 1. The minimum atomic E-state index is 0.0670. The van der Waals surface area contributed by atoms with Gasteiger partial charge in [0.1, 0.15) is 11.5 Å². The van der Waals surface area contributed by atoms with Crippen LogP contribution in [-0.4, -0.2) is 44.6 Å². The van der Waals surface area contributed by atoms with E-state index < -0.39 is 0 Å². The molecule has 1 amide bonds. The zero-order valence-corrected chi connectivity index (χ0v) is 17.2. The molecule has 1 aliphatic rings. The quantitative estimate of drug-likeness (QED) is 0.448. The van der Waals surface area contributed by atoms with E-state index in [1.807, 2.05) is 36.1 Å². The highest BCUT2D eigenvalue weighted by Crippen LogP contribution is 2.30. The Morgan fingerprint density at radius 2 is 2.07 bits per heavy atom.